The summed E-state index contributed by atoms with van der Waals surface area (Å²) >= 11 is 5.99. The Balaban J connectivity index is 1.83. The molecule has 4 nitrogen and oxygen atoms in total. The number of para-hydroxylation sites is 1. The second-order valence-electron chi connectivity index (χ2n) is 4.46. The van der Waals surface area contributed by atoms with E-state index >= 15 is 0 Å². The molecule has 0 radical (unpaired) electrons. The Labute approximate surface area is 126 Å². The molecule has 0 amide bonds. The van der Waals surface area contributed by atoms with Crippen LogP contribution >= 0.6 is 11.6 Å². The Kier molecular flexibility index (Phi) is 3.83. The van der Waals surface area contributed by atoms with Crippen molar-refractivity contribution in [1.82, 2.24) is 15.2 Å². The predicted molar refractivity (Wildman–Crippen MR) is 80.6 cm³/mol. The summed E-state index contributed by atoms with van der Waals surface area (Å²) in [6, 6.07) is 8.36. The maximum Gasteiger partial charge on any atom is 0.147 e. The zero-order chi connectivity index (χ0) is 14.7. The first-order valence-corrected chi connectivity index (χ1v) is 6.74. The number of halogens is 2. The van der Waals surface area contributed by atoms with Crippen LogP contribution in [0.4, 0.5) is 10.1 Å². The van der Waals surface area contributed by atoms with Gasteiger partial charge in [-0.15, -0.1) is 0 Å². The molecular weight excluding hydrogens is 291 g/mol. The van der Waals surface area contributed by atoms with Gasteiger partial charge in [0.2, 0.25) is 0 Å². The first-order chi connectivity index (χ1) is 10.3. The van der Waals surface area contributed by atoms with Crippen molar-refractivity contribution in [2.24, 2.45) is 0 Å². The Hall–Kier alpha value is -2.40. The van der Waals surface area contributed by atoms with Crippen molar-refractivity contribution in [2.45, 2.75) is 6.54 Å². The summed E-state index contributed by atoms with van der Waals surface area (Å²) in [5.41, 5.74) is 2.97. The van der Waals surface area contributed by atoms with E-state index in [2.05, 4.69) is 20.5 Å². The Morgan fingerprint density at radius 2 is 2.10 bits per heavy atom. The van der Waals surface area contributed by atoms with Crippen LogP contribution in [0, 0.1) is 5.82 Å². The molecule has 0 aliphatic rings. The molecule has 0 aliphatic heterocycles. The molecule has 0 saturated carbocycles. The number of rotatable bonds is 4. The van der Waals surface area contributed by atoms with Crippen LogP contribution in [-0.2, 0) is 6.54 Å². The van der Waals surface area contributed by atoms with Gasteiger partial charge in [0.15, 0.2) is 0 Å². The SMILES string of the molecule is Fc1cccc(Cl)c1NCc1cn[nH]c1-c1cccnc1. The number of anilines is 1. The summed E-state index contributed by atoms with van der Waals surface area (Å²) in [6.45, 7) is 0.404. The second-order valence-corrected chi connectivity index (χ2v) is 4.87. The molecule has 0 fully saturated rings. The van der Waals surface area contributed by atoms with Gasteiger partial charge < -0.3 is 5.32 Å². The van der Waals surface area contributed by atoms with E-state index in [1.54, 1.807) is 30.7 Å². The highest BCUT2D eigenvalue weighted by Gasteiger charge is 2.10. The third-order valence-corrected chi connectivity index (χ3v) is 3.40. The van der Waals surface area contributed by atoms with Crippen LogP contribution < -0.4 is 5.32 Å². The van der Waals surface area contributed by atoms with Crippen molar-refractivity contribution in [3.8, 4) is 11.3 Å². The Morgan fingerprint density at radius 1 is 1.19 bits per heavy atom. The maximum absolute atomic E-state index is 13.7. The van der Waals surface area contributed by atoms with Gasteiger partial charge in [-0.05, 0) is 24.3 Å². The molecule has 0 bridgehead atoms. The van der Waals surface area contributed by atoms with E-state index in [0.717, 1.165) is 16.8 Å². The van der Waals surface area contributed by atoms with Gasteiger partial charge in [-0.1, -0.05) is 17.7 Å². The first-order valence-electron chi connectivity index (χ1n) is 6.36. The number of nitrogens with zero attached hydrogens (tertiary/aromatic N) is 2. The van der Waals surface area contributed by atoms with E-state index in [4.69, 9.17) is 11.6 Å². The maximum atomic E-state index is 13.7. The van der Waals surface area contributed by atoms with Gasteiger partial charge in [-0.25, -0.2) is 4.39 Å². The molecule has 2 aromatic heterocycles. The molecule has 3 aromatic rings. The summed E-state index contributed by atoms with van der Waals surface area (Å²) in [5.74, 6) is -0.381. The Morgan fingerprint density at radius 3 is 2.86 bits per heavy atom. The van der Waals surface area contributed by atoms with Crippen LogP contribution in [0.3, 0.4) is 0 Å². The zero-order valence-electron chi connectivity index (χ0n) is 11.0. The molecular formula is C15H12ClFN4. The minimum absolute atomic E-state index is 0.289. The highest BCUT2D eigenvalue weighted by Crippen LogP contribution is 2.26. The normalized spacial score (nSPS) is 10.6. The number of H-pyrrole nitrogens is 1. The molecule has 0 saturated heterocycles. The number of hydrogen-bond donors (Lipinski definition) is 2. The van der Waals surface area contributed by atoms with E-state index in [0.29, 0.717) is 11.6 Å². The van der Waals surface area contributed by atoms with Crippen molar-refractivity contribution < 1.29 is 4.39 Å². The van der Waals surface area contributed by atoms with Crippen LogP contribution in [0.1, 0.15) is 5.56 Å². The highest BCUT2D eigenvalue weighted by molar-refractivity contribution is 6.33. The van der Waals surface area contributed by atoms with Crippen molar-refractivity contribution in [3.05, 3.63) is 65.3 Å². The van der Waals surface area contributed by atoms with Crippen molar-refractivity contribution in [2.75, 3.05) is 5.32 Å². The average Bonchev–Trinajstić information content (AvgIpc) is 2.96. The molecule has 1 aromatic carbocycles. The van der Waals surface area contributed by atoms with E-state index in [1.807, 2.05) is 12.1 Å². The lowest BCUT2D eigenvalue weighted by atomic mass is 10.1. The fourth-order valence-corrected chi connectivity index (χ4v) is 2.29. The molecule has 0 unspecified atom stereocenters. The fourth-order valence-electron chi connectivity index (χ4n) is 2.06. The first kappa shape index (κ1) is 13.6. The number of pyridine rings is 1. The third kappa shape index (κ3) is 2.87. The molecule has 2 N–H and O–H groups in total. The number of nitrogens with one attached hydrogen (secondary N) is 2. The molecule has 2 heterocycles. The summed E-state index contributed by atoms with van der Waals surface area (Å²) in [6.07, 6.45) is 5.15. The van der Waals surface area contributed by atoms with Gasteiger partial charge in [-0.3, -0.25) is 10.1 Å². The molecule has 21 heavy (non-hydrogen) atoms. The predicted octanol–water partition coefficient (Wildman–Crippen LogP) is 3.88. The lowest BCUT2D eigenvalue weighted by molar-refractivity contribution is 0.630. The summed E-state index contributed by atoms with van der Waals surface area (Å²) in [5, 5.41) is 10.3. The standard InChI is InChI=1S/C15H12ClFN4/c16-12-4-1-5-13(17)15(12)19-8-11-9-20-21-14(11)10-3-2-6-18-7-10/h1-7,9,19H,8H2,(H,20,21). The molecule has 0 aliphatic carbocycles. The molecule has 0 spiro atoms. The molecule has 3 rings (SSSR count). The monoisotopic (exact) mass is 302 g/mol. The van der Waals surface area contributed by atoms with Crippen LogP contribution in [0.2, 0.25) is 5.02 Å². The highest BCUT2D eigenvalue weighted by atomic mass is 35.5. The van der Waals surface area contributed by atoms with Crippen LogP contribution in [0.5, 0.6) is 0 Å². The van der Waals surface area contributed by atoms with Gasteiger partial charge in [0, 0.05) is 30.1 Å². The van der Waals surface area contributed by atoms with E-state index in [9.17, 15) is 4.39 Å². The van der Waals surface area contributed by atoms with Crippen LogP contribution in [0.15, 0.2) is 48.9 Å². The average molecular weight is 303 g/mol. The van der Waals surface area contributed by atoms with E-state index in [-0.39, 0.29) is 11.5 Å². The van der Waals surface area contributed by atoms with Crippen molar-refractivity contribution >= 4 is 17.3 Å². The molecule has 106 valence electrons. The largest absolute Gasteiger partial charge is 0.377 e. The van der Waals surface area contributed by atoms with Crippen LogP contribution in [0.25, 0.3) is 11.3 Å². The smallest absolute Gasteiger partial charge is 0.147 e. The third-order valence-electron chi connectivity index (χ3n) is 3.09. The number of hydrogen-bond acceptors (Lipinski definition) is 3. The quantitative estimate of drug-likeness (QED) is 0.769. The van der Waals surface area contributed by atoms with E-state index in [1.165, 1.54) is 6.07 Å². The van der Waals surface area contributed by atoms with Gasteiger partial charge in [0.25, 0.3) is 0 Å². The minimum atomic E-state index is -0.381. The van der Waals surface area contributed by atoms with Gasteiger partial charge in [0.1, 0.15) is 5.82 Å². The van der Waals surface area contributed by atoms with Crippen molar-refractivity contribution in [1.29, 1.82) is 0 Å². The lowest BCUT2D eigenvalue weighted by Crippen LogP contribution is -2.02. The van der Waals surface area contributed by atoms with Gasteiger partial charge in [0.05, 0.1) is 22.6 Å². The topological polar surface area (TPSA) is 53.6 Å². The summed E-state index contributed by atoms with van der Waals surface area (Å²) in [7, 11) is 0. The molecule has 0 atom stereocenters. The Bertz CT molecular complexity index is 722. The lowest BCUT2D eigenvalue weighted by Gasteiger charge is -2.09. The summed E-state index contributed by atoms with van der Waals surface area (Å²) in [4.78, 5) is 4.08. The van der Waals surface area contributed by atoms with Gasteiger partial charge in [-0.2, -0.15) is 5.10 Å². The van der Waals surface area contributed by atoms with Crippen LogP contribution in [-0.4, -0.2) is 15.2 Å². The fraction of sp³-hybridized carbons (Fsp3) is 0.0667. The number of benzene rings is 1. The summed E-state index contributed by atoms with van der Waals surface area (Å²) < 4.78 is 13.7. The number of aromatic amines is 1. The number of aromatic nitrogens is 3. The van der Waals surface area contributed by atoms with Gasteiger partial charge >= 0.3 is 0 Å². The second kappa shape index (κ2) is 5.93. The minimum Gasteiger partial charge on any atom is -0.377 e. The van der Waals surface area contributed by atoms with E-state index < -0.39 is 0 Å². The zero-order valence-corrected chi connectivity index (χ0v) is 11.7. The van der Waals surface area contributed by atoms with Crippen molar-refractivity contribution in [3.63, 3.8) is 0 Å². The molecule has 6 heteroatoms.